The van der Waals surface area contributed by atoms with Crippen LogP contribution in [0.2, 0.25) is 0 Å². The Morgan fingerprint density at radius 1 is 0.867 bits per heavy atom. The number of hydrogen-bond acceptors (Lipinski definition) is 5. The molecule has 0 fully saturated rings. The zero-order valence-electron chi connectivity index (χ0n) is 16.4. The van der Waals surface area contributed by atoms with Crippen LogP contribution in [0.4, 0.5) is 11.4 Å². The minimum Gasteiger partial charge on any atom is -0.467 e. The maximum absolute atomic E-state index is 12.2. The Morgan fingerprint density at radius 3 is 2.37 bits per heavy atom. The Balaban J connectivity index is 1.48. The molecule has 4 N–H and O–H groups in total. The fraction of sp³-hybridized carbons (Fsp3) is 0.136. The Labute approximate surface area is 173 Å². The molecule has 0 saturated heterocycles. The molecule has 3 rings (SSSR count). The lowest BCUT2D eigenvalue weighted by molar-refractivity contribution is -0.114. The van der Waals surface area contributed by atoms with Gasteiger partial charge in [-0.25, -0.2) is 0 Å². The van der Waals surface area contributed by atoms with Crippen LogP contribution < -0.4 is 21.3 Å². The number of carbonyl (C=O) groups is 3. The third-order valence-electron chi connectivity index (χ3n) is 4.24. The number of anilines is 2. The second-order valence-electron chi connectivity index (χ2n) is 6.40. The van der Waals surface area contributed by atoms with Crippen LogP contribution in [0.1, 0.15) is 26.5 Å². The number of benzene rings is 2. The number of furan rings is 1. The molecule has 0 atom stereocenters. The van der Waals surface area contributed by atoms with Crippen molar-refractivity contribution in [1.82, 2.24) is 10.6 Å². The van der Waals surface area contributed by atoms with E-state index in [1.54, 1.807) is 74.0 Å². The Hall–Kier alpha value is -4.07. The van der Waals surface area contributed by atoms with Crippen molar-refractivity contribution in [1.29, 1.82) is 0 Å². The molecular weight excluding hydrogens is 384 g/mol. The minimum absolute atomic E-state index is 0.0303. The van der Waals surface area contributed by atoms with Crippen molar-refractivity contribution in [3.63, 3.8) is 0 Å². The van der Waals surface area contributed by atoms with Gasteiger partial charge in [-0.05, 0) is 54.6 Å². The van der Waals surface area contributed by atoms with Gasteiger partial charge in [0.1, 0.15) is 5.76 Å². The monoisotopic (exact) mass is 406 g/mol. The highest BCUT2D eigenvalue weighted by molar-refractivity contribution is 5.97. The summed E-state index contributed by atoms with van der Waals surface area (Å²) in [6.45, 7) is 0.333. The molecule has 0 aliphatic heterocycles. The fourth-order valence-corrected chi connectivity index (χ4v) is 2.69. The van der Waals surface area contributed by atoms with E-state index in [2.05, 4.69) is 21.3 Å². The molecule has 8 nitrogen and oxygen atoms in total. The third-order valence-corrected chi connectivity index (χ3v) is 4.24. The van der Waals surface area contributed by atoms with Crippen molar-refractivity contribution >= 4 is 29.1 Å². The van der Waals surface area contributed by atoms with E-state index in [0.717, 1.165) is 0 Å². The lowest BCUT2D eigenvalue weighted by Crippen LogP contribution is -2.23. The maximum Gasteiger partial charge on any atom is 0.251 e. The largest absolute Gasteiger partial charge is 0.467 e. The van der Waals surface area contributed by atoms with Crippen molar-refractivity contribution in [2.24, 2.45) is 0 Å². The minimum atomic E-state index is -0.254. The van der Waals surface area contributed by atoms with E-state index in [1.807, 2.05) is 0 Å². The smallest absolute Gasteiger partial charge is 0.251 e. The van der Waals surface area contributed by atoms with Crippen LogP contribution >= 0.6 is 0 Å². The predicted octanol–water partition coefficient (Wildman–Crippen LogP) is 2.62. The summed E-state index contributed by atoms with van der Waals surface area (Å²) in [4.78, 5) is 36.0. The topological polar surface area (TPSA) is 112 Å². The zero-order valence-corrected chi connectivity index (χ0v) is 16.4. The lowest BCUT2D eigenvalue weighted by atomic mass is 10.2. The fourth-order valence-electron chi connectivity index (χ4n) is 2.69. The van der Waals surface area contributed by atoms with Gasteiger partial charge in [0.25, 0.3) is 11.8 Å². The van der Waals surface area contributed by atoms with Crippen LogP contribution in [-0.2, 0) is 11.3 Å². The van der Waals surface area contributed by atoms with Gasteiger partial charge in [0.15, 0.2) is 0 Å². The summed E-state index contributed by atoms with van der Waals surface area (Å²) >= 11 is 0. The number of amides is 3. The van der Waals surface area contributed by atoms with Gasteiger partial charge in [-0.15, -0.1) is 0 Å². The highest BCUT2D eigenvalue weighted by Crippen LogP contribution is 2.12. The van der Waals surface area contributed by atoms with Crippen molar-refractivity contribution in [2.45, 2.75) is 6.54 Å². The highest BCUT2D eigenvalue weighted by Gasteiger charge is 2.08. The standard InChI is InChI=1S/C22H22N4O4/c1-23-21(28)16-4-2-5-18(12-16)24-14-20(27)26-17-9-7-15(8-10-17)22(29)25-13-19-6-3-11-30-19/h2-12,24H,13-14H2,1H3,(H,23,28)(H,25,29)(H,26,27). The number of nitrogens with one attached hydrogen (secondary N) is 4. The van der Waals surface area contributed by atoms with Crippen molar-refractivity contribution in [2.75, 3.05) is 24.2 Å². The van der Waals surface area contributed by atoms with E-state index >= 15 is 0 Å². The first-order valence-electron chi connectivity index (χ1n) is 9.31. The molecule has 30 heavy (non-hydrogen) atoms. The predicted molar refractivity (Wildman–Crippen MR) is 113 cm³/mol. The number of carbonyl (C=O) groups excluding carboxylic acids is 3. The van der Waals surface area contributed by atoms with E-state index in [4.69, 9.17) is 4.42 Å². The SMILES string of the molecule is CNC(=O)c1cccc(NCC(=O)Nc2ccc(C(=O)NCc3ccco3)cc2)c1. The number of rotatable bonds is 8. The third kappa shape index (κ3) is 5.71. The van der Waals surface area contributed by atoms with Gasteiger partial charge < -0.3 is 25.7 Å². The Morgan fingerprint density at radius 2 is 1.67 bits per heavy atom. The normalized spacial score (nSPS) is 10.2. The molecule has 0 radical (unpaired) electrons. The van der Waals surface area contributed by atoms with E-state index in [9.17, 15) is 14.4 Å². The molecule has 3 amide bonds. The molecule has 0 aliphatic rings. The van der Waals surface area contributed by atoms with Gasteiger partial charge in [-0.3, -0.25) is 14.4 Å². The van der Waals surface area contributed by atoms with E-state index in [0.29, 0.717) is 34.8 Å². The Kier molecular flexibility index (Phi) is 6.83. The molecule has 154 valence electrons. The van der Waals surface area contributed by atoms with Gasteiger partial charge in [0.05, 0.1) is 19.4 Å². The first kappa shape index (κ1) is 20.7. The van der Waals surface area contributed by atoms with Gasteiger partial charge in [-0.2, -0.15) is 0 Å². The summed E-state index contributed by atoms with van der Waals surface area (Å²) in [6.07, 6.45) is 1.55. The van der Waals surface area contributed by atoms with Crippen molar-refractivity contribution < 1.29 is 18.8 Å². The average molecular weight is 406 g/mol. The molecule has 2 aromatic carbocycles. The first-order chi connectivity index (χ1) is 14.5. The van der Waals surface area contributed by atoms with E-state index < -0.39 is 0 Å². The van der Waals surface area contributed by atoms with E-state index in [-0.39, 0.29) is 24.3 Å². The molecule has 0 saturated carbocycles. The highest BCUT2D eigenvalue weighted by atomic mass is 16.3. The molecule has 3 aromatic rings. The molecule has 8 heteroatoms. The summed E-state index contributed by atoms with van der Waals surface area (Å²) in [7, 11) is 1.56. The first-order valence-corrected chi connectivity index (χ1v) is 9.31. The molecule has 1 heterocycles. The molecule has 0 bridgehead atoms. The molecular formula is C22H22N4O4. The molecule has 0 spiro atoms. The van der Waals surface area contributed by atoms with Gasteiger partial charge >= 0.3 is 0 Å². The zero-order chi connectivity index (χ0) is 21.3. The number of hydrogen-bond donors (Lipinski definition) is 4. The second kappa shape index (κ2) is 9.92. The summed E-state index contributed by atoms with van der Waals surface area (Å²) in [6, 6.07) is 17.0. The van der Waals surface area contributed by atoms with Gasteiger partial charge in [-0.1, -0.05) is 6.07 Å². The average Bonchev–Trinajstić information content (AvgIpc) is 3.30. The molecule has 1 aromatic heterocycles. The van der Waals surface area contributed by atoms with Crippen LogP contribution in [0.15, 0.2) is 71.3 Å². The van der Waals surface area contributed by atoms with Crippen LogP contribution in [0.25, 0.3) is 0 Å². The summed E-state index contributed by atoms with van der Waals surface area (Å²) < 4.78 is 5.17. The maximum atomic E-state index is 12.2. The second-order valence-corrected chi connectivity index (χ2v) is 6.40. The Bertz CT molecular complexity index is 1010. The van der Waals surface area contributed by atoms with Crippen LogP contribution in [0.3, 0.4) is 0 Å². The summed E-state index contributed by atoms with van der Waals surface area (Å²) in [5, 5.41) is 11.0. The van der Waals surface area contributed by atoms with Crippen molar-refractivity contribution in [3.8, 4) is 0 Å². The van der Waals surface area contributed by atoms with E-state index in [1.165, 1.54) is 0 Å². The van der Waals surface area contributed by atoms with Gasteiger partial charge in [0, 0.05) is 29.5 Å². The molecule has 0 aliphatic carbocycles. The summed E-state index contributed by atoms with van der Waals surface area (Å²) in [5.41, 5.74) is 2.21. The van der Waals surface area contributed by atoms with Crippen LogP contribution in [0.5, 0.6) is 0 Å². The van der Waals surface area contributed by atoms with Gasteiger partial charge in [0.2, 0.25) is 5.91 Å². The van der Waals surface area contributed by atoms with Crippen LogP contribution in [-0.4, -0.2) is 31.3 Å². The van der Waals surface area contributed by atoms with Crippen LogP contribution in [0, 0.1) is 0 Å². The van der Waals surface area contributed by atoms with Crippen molar-refractivity contribution in [3.05, 3.63) is 83.8 Å². The molecule has 0 unspecified atom stereocenters. The quantitative estimate of drug-likeness (QED) is 0.459. The lowest BCUT2D eigenvalue weighted by Gasteiger charge is -2.09. The summed E-state index contributed by atoms with van der Waals surface area (Å²) in [5.74, 6) is -0.0192.